The fourth-order valence-corrected chi connectivity index (χ4v) is 4.19. The number of nitrogens with one attached hydrogen (secondary N) is 2. The van der Waals surface area contributed by atoms with Crippen molar-refractivity contribution in [2.75, 3.05) is 6.61 Å². The lowest BCUT2D eigenvalue weighted by Crippen LogP contribution is -2.33. The summed E-state index contributed by atoms with van der Waals surface area (Å²) < 4.78 is 5.02. The van der Waals surface area contributed by atoms with Crippen LogP contribution in [0.5, 0.6) is 0 Å². The van der Waals surface area contributed by atoms with Gasteiger partial charge in [-0.05, 0) is 44.9 Å². The predicted octanol–water partition coefficient (Wildman–Crippen LogP) is 3.20. The van der Waals surface area contributed by atoms with Crippen molar-refractivity contribution in [1.82, 2.24) is 15.3 Å². The number of H-pyrrole nitrogens is 1. The van der Waals surface area contributed by atoms with Gasteiger partial charge in [0.1, 0.15) is 10.7 Å². The number of amides is 1. The molecule has 29 heavy (non-hydrogen) atoms. The van der Waals surface area contributed by atoms with Crippen molar-refractivity contribution in [1.29, 1.82) is 0 Å². The second-order valence-electron chi connectivity index (χ2n) is 6.96. The lowest BCUT2D eigenvalue weighted by Gasteiger charge is -2.09. The Kier molecular flexibility index (Phi) is 6.12. The number of ether oxygens (including phenoxy) is 1. The van der Waals surface area contributed by atoms with Gasteiger partial charge in [0.05, 0.1) is 10.9 Å². The van der Waals surface area contributed by atoms with Gasteiger partial charge in [-0.15, -0.1) is 11.3 Å². The van der Waals surface area contributed by atoms with Crippen molar-refractivity contribution in [2.45, 2.75) is 40.2 Å². The summed E-state index contributed by atoms with van der Waals surface area (Å²) in [6, 6.07) is 6.53. The third-order valence-corrected chi connectivity index (χ3v) is 5.44. The summed E-state index contributed by atoms with van der Waals surface area (Å²) in [6.07, 6.45) is 0.780. The number of esters is 1. The van der Waals surface area contributed by atoms with Crippen molar-refractivity contribution < 1.29 is 14.3 Å². The molecule has 2 aromatic heterocycles. The maximum absolute atomic E-state index is 12.6. The first kappa shape index (κ1) is 20.7. The van der Waals surface area contributed by atoms with E-state index in [-0.39, 0.29) is 24.1 Å². The van der Waals surface area contributed by atoms with E-state index in [2.05, 4.69) is 15.3 Å². The number of fused-ring (bicyclic) bond motifs is 1. The standard InChI is InChI=1S/C21H23N3O4S/c1-5-15-12(4)29-20-17(15)19(26)23-18(24-20)13-6-8-14(9-7-13)21(27)28-10-16(25)22-11(2)3/h6-9,11H,5,10H2,1-4H3,(H,22,25)(H,23,24,26). The van der Waals surface area contributed by atoms with E-state index in [1.165, 1.54) is 11.3 Å². The number of thiophene rings is 1. The Hall–Kier alpha value is -3.00. The van der Waals surface area contributed by atoms with Crippen LogP contribution in [0.4, 0.5) is 0 Å². The lowest BCUT2D eigenvalue weighted by atomic mass is 10.1. The van der Waals surface area contributed by atoms with E-state index in [1.807, 2.05) is 27.7 Å². The number of carbonyl (C=O) groups is 2. The third kappa shape index (κ3) is 4.54. The van der Waals surface area contributed by atoms with Gasteiger partial charge in [-0.1, -0.05) is 19.1 Å². The van der Waals surface area contributed by atoms with Crippen molar-refractivity contribution in [2.24, 2.45) is 0 Å². The van der Waals surface area contributed by atoms with Crippen molar-refractivity contribution in [3.63, 3.8) is 0 Å². The minimum atomic E-state index is -0.589. The second kappa shape index (κ2) is 8.57. The van der Waals surface area contributed by atoms with E-state index in [1.54, 1.807) is 24.3 Å². The molecule has 2 heterocycles. The van der Waals surface area contributed by atoms with Crippen LogP contribution < -0.4 is 10.9 Å². The molecular formula is C21H23N3O4S. The first-order chi connectivity index (χ1) is 13.8. The first-order valence-electron chi connectivity index (χ1n) is 9.39. The summed E-state index contributed by atoms with van der Waals surface area (Å²) in [6.45, 7) is 7.34. The zero-order valence-electron chi connectivity index (χ0n) is 16.8. The Morgan fingerprint density at radius 3 is 2.55 bits per heavy atom. The highest BCUT2D eigenvalue weighted by Gasteiger charge is 2.15. The maximum Gasteiger partial charge on any atom is 0.338 e. The monoisotopic (exact) mass is 413 g/mol. The molecule has 0 aliphatic heterocycles. The summed E-state index contributed by atoms with van der Waals surface area (Å²) in [5, 5.41) is 3.30. The Morgan fingerprint density at radius 1 is 1.24 bits per heavy atom. The third-order valence-electron chi connectivity index (χ3n) is 4.39. The van der Waals surface area contributed by atoms with Gasteiger partial charge >= 0.3 is 5.97 Å². The number of aromatic amines is 1. The second-order valence-corrected chi connectivity index (χ2v) is 8.16. The Labute approximate surface area is 172 Å². The van der Waals surface area contributed by atoms with Crippen molar-refractivity contribution in [3.8, 4) is 11.4 Å². The van der Waals surface area contributed by atoms with E-state index in [0.29, 0.717) is 27.2 Å². The Balaban J connectivity index is 1.79. The highest BCUT2D eigenvalue weighted by Crippen LogP contribution is 2.28. The number of benzene rings is 1. The number of hydrogen-bond donors (Lipinski definition) is 2. The SMILES string of the molecule is CCc1c(C)sc2nc(-c3ccc(C(=O)OCC(=O)NC(C)C)cc3)[nH]c(=O)c12. The van der Waals surface area contributed by atoms with Gasteiger partial charge in [0.15, 0.2) is 6.61 Å². The number of rotatable bonds is 6. The number of carbonyl (C=O) groups excluding carboxylic acids is 2. The van der Waals surface area contributed by atoms with E-state index in [0.717, 1.165) is 16.9 Å². The maximum atomic E-state index is 12.6. The van der Waals surface area contributed by atoms with Gasteiger partial charge in [0.2, 0.25) is 0 Å². The quantitative estimate of drug-likeness (QED) is 0.605. The van der Waals surface area contributed by atoms with Crippen LogP contribution in [0.2, 0.25) is 0 Å². The summed E-state index contributed by atoms with van der Waals surface area (Å²) in [5.41, 5.74) is 1.87. The van der Waals surface area contributed by atoms with Crippen LogP contribution in [-0.2, 0) is 16.0 Å². The van der Waals surface area contributed by atoms with Gasteiger partial charge in [-0.25, -0.2) is 9.78 Å². The zero-order valence-corrected chi connectivity index (χ0v) is 17.6. The fraction of sp³-hybridized carbons (Fsp3) is 0.333. The van der Waals surface area contributed by atoms with Crippen molar-refractivity contribution >= 4 is 33.4 Å². The van der Waals surface area contributed by atoms with E-state index >= 15 is 0 Å². The number of aryl methyl sites for hydroxylation is 2. The molecule has 1 amide bonds. The lowest BCUT2D eigenvalue weighted by molar-refractivity contribution is -0.124. The van der Waals surface area contributed by atoms with E-state index in [9.17, 15) is 14.4 Å². The predicted molar refractivity (Wildman–Crippen MR) is 113 cm³/mol. The highest BCUT2D eigenvalue weighted by molar-refractivity contribution is 7.18. The largest absolute Gasteiger partial charge is 0.452 e. The molecular weight excluding hydrogens is 390 g/mol. The van der Waals surface area contributed by atoms with Crippen molar-refractivity contribution in [3.05, 3.63) is 50.6 Å². The molecule has 7 nitrogen and oxygen atoms in total. The molecule has 2 N–H and O–H groups in total. The van der Waals surface area contributed by atoms with Gasteiger partial charge in [0.25, 0.3) is 11.5 Å². The van der Waals surface area contributed by atoms with Crippen LogP contribution in [0.3, 0.4) is 0 Å². The Morgan fingerprint density at radius 2 is 1.93 bits per heavy atom. The smallest absolute Gasteiger partial charge is 0.338 e. The first-order valence-corrected chi connectivity index (χ1v) is 10.2. The fourth-order valence-electron chi connectivity index (χ4n) is 3.08. The molecule has 0 fully saturated rings. The molecule has 0 unspecified atom stereocenters. The Bertz CT molecular complexity index is 1110. The summed E-state index contributed by atoms with van der Waals surface area (Å²) >= 11 is 1.50. The van der Waals surface area contributed by atoms with Gasteiger partial charge in [-0.2, -0.15) is 0 Å². The molecule has 0 atom stereocenters. The molecule has 0 aliphatic carbocycles. The molecule has 3 aromatic rings. The van der Waals surface area contributed by atoms with Crippen LogP contribution >= 0.6 is 11.3 Å². The molecule has 152 valence electrons. The molecule has 0 saturated heterocycles. The van der Waals surface area contributed by atoms with E-state index in [4.69, 9.17) is 4.74 Å². The average Bonchev–Trinajstić information content (AvgIpc) is 3.01. The molecule has 8 heteroatoms. The highest BCUT2D eigenvalue weighted by atomic mass is 32.1. The van der Waals surface area contributed by atoms with Crippen LogP contribution in [0.15, 0.2) is 29.1 Å². The summed E-state index contributed by atoms with van der Waals surface area (Å²) in [4.78, 5) is 45.5. The minimum absolute atomic E-state index is 0.0204. The molecule has 1 aromatic carbocycles. The van der Waals surface area contributed by atoms with Gasteiger partial charge in [-0.3, -0.25) is 9.59 Å². The number of aromatic nitrogens is 2. The topological polar surface area (TPSA) is 101 Å². The number of hydrogen-bond acceptors (Lipinski definition) is 6. The van der Waals surface area contributed by atoms with Crippen LogP contribution in [0.25, 0.3) is 21.6 Å². The molecule has 0 radical (unpaired) electrons. The molecule has 0 bridgehead atoms. The molecule has 0 saturated carbocycles. The number of nitrogens with zero attached hydrogens (tertiary/aromatic N) is 1. The summed E-state index contributed by atoms with van der Waals surface area (Å²) in [7, 11) is 0. The van der Waals surface area contributed by atoms with Gasteiger partial charge < -0.3 is 15.0 Å². The molecule has 3 rings (SSSR count). The summed E-state index contributed by atoms with van der Waals surface area (Å²) in [5.74, 6) is -0.491. The molecule has 0 aliphatic rings. The van der Waals surface area contributed by atoms with Crippen LogP contribution in [-0.4, -0.2) is 34.5 Å². The normalized spacial score (nSPS) is 11.1. The van der Waals surface area contributed by atoms with Crippen LogP contribution in [0, 0.1) is 6.92 Å². The van der Waals surface area contributed by atoms with E-state index < -0.39 is 5.97 Å². The van der Waals surface area contributed by atoms with Crippen LogP contribution in [0.1, 0.15) is 41.6 Å². The zero-order chi connectivity index (χ0) is 21.1. The minimum Gasteiger partial charge on any atom is -0.452 e. The molecule has 0 spiro atoms. The average molecular weight is 413 g/mol. The van der Waals surface area contributed by atoms with Gasteiger partial charge in [0, 0.05) is 16.5 Å².